The molecule has 2 aliphatic rings. The van der Waals surface area contributed by atoms with Crippen LogP contribution >= 0.6 is 11.3 Å². The summed E-state index contributed by atoms with van der Waals surface area (Å²) in [6.07, 6.45) is 5.23. The third-order valence-electron chi connectivity index (χ3n) is 4.89. The lowest BCUT2D eigenvalue weighted by Crippen LogP contribution is -2.51. The number of thiophene rings is 1. The molecule has 5 heteroatoms. The largest absolute Gasteiger partial charge is 0.388 e. The van der Waals surface area contributed by atoms with Gasteiger partial charge in [0.25, 0.3) is 0 Å². The van der Waals surface area contributed by atoms with Crippen LogP contribution in [-0.2, 0) is 14.9 Å². The monoisotopic (exact) mass is 309 g/mol. The standard InChI is InChI=1S/C16H23NO3S/c18-14(17-12-15(19)7-9-20-10-8-15)16(5-1-2-6-16)13-4-3-11-21-13/h3-4,11,19H,1-2,5-10,12H2,(H,17,18). The van der Waals surface area contributed by atoms with Crippen molar-refractivity contribution >= 4 is 17.2 Å². The number of carbonyl (C=O) groups is 1. The van der Waals surface area contributed by atoms with Gasteiger partial charge in [0.2, 0.25) is 5.91 Å². The van der Waals surface area contributed by atoms with Crippen LogP contribution in [0.4, 0.5) is 0 Å². The van der Waals surface area contributed by atoms with Gasteiger partial charge in [0.05, 0.1) is 11.0 Å². The van der Waals surface area contributed by atoms with Gasteiger partial charge in [-0.1, -0.05) is 18.9 Å². The zero-order valence-electron chi connectivity index (χ0n) is 12.3. The highest BCUT2D eigenvalue weighted by atomic mass is 32.1. The molecule has 21 heavy (non-hydrogen) atoms. The molecule has 0 spiro atoms. The highest BCUT2D eigenvalue weighted by Gasteiger charge is 2.44. The first-order chi connectivity index (χ1) is 10.1. The number of hydrogen-bond donors (Lipinski definition) is 2. The molecular weight excluding hydrogens is 286 g/mol. The summed E-state index contributed by atoms with van der Waals surface area (Å²) in [5, 5.41) is 15.5. The summed E-state index contributed by atoms with van der Waals surface area (Å²) in [7, 11) is 0. The Kier molecular flexibility index (Phi) is 4.33. The molecule has 2 N–H and O–H groups in total. The van der Waals surface area contributed by atoms with Gasteiger partial charge in [-0.3, -0.25) is 4.79 Å². The van der Waals surface area contributed by atoms with E-state index >= 15 is 0 Å². The van der Waals surface area contributed by atoms with Crippen LogP contribution in [0.2, 0.25) is 0 Å². The van der Waals surface area contributed by atoms with Gasteiger partial charge in [0.15, 0.2) is 0 Å². The molecule has 1 aliphatic heterocycles. The molecule has 0 aromatic carbocycles. The number of ether oxygens (including phenoxy) is 1. The lowest BCUT2D eigenvalue weighted by atomic mass is 9.83. The molecule has 3 rings (SSSR count). The number of hydrogen-bond acceptors (Lipinski definition) is 4. The van der Waals surface area contributed by atoms with Crippen molar-refractivity contribution in [3.8, 4) is 0 Å². The molecule has 0 radical (unpaired) electrons. The van der Waals surface area contributed by atoms with Crippen molar-refractivity contribution in [2.75, 3.05) is 19.8 Å². The third-order valence-corrected chi connectivity index (χ3v) is 5.96. The zero-order chi connectivity index (χ0) is 14.8. The lowest BCUT2D eigenvalue weighted by molar-refractivity contribution is -0.129. The predicted molar refractivity (Wildman–Crippen MR) is 82.5 cm³/mol. The predicted octanol–water partition coefficient (Wildman–Crippen LogP) is 2.22. The summed E-state index contributed by atoms with van der Waals surface area (Å²) < 4.78 is 5.28. The number of amides is 1. The van der Waals surface area contributed by atoms with E-state index < -0.39 is 5.60 Å². The SMILES string of the molecule is O=C(NCC1(O)CCOCC1)C1(c2cccs2)CCCC1. The topological polar surface area (TPSA) is 58.6 Å². The van der Waals surface area contributed by atoms with Crippen LogP contribution in [0, 0.1) is 0 Å². The van der Waals surface area contributed by atoms with E-state index in [1.54, 1.807) is 11.3 Å². The Bertz CT molecular complexity index is 474. The molecule has 1 aromatic rings. The normalized spacial score (nSPS) is 23.9. The summed E-state index contributed by atoms with van der Waals surface area (Å²) in [5.41, 5.74) is -1.17. The van der Waals surface area contributed by atoms with Gasteiger partial charge in [-0.05, 0) is 24.3 Å². The first kappa shape index (κ1) is 15.0. The van der Waals surface area contributed by atoms with E-state index in [0.717, 1.165) is 30.6 Å². The van der Waals surface area contributed by atoms with Crippen LogP contribution in [0.15, 0.2) is 17.5 Å². The Morgan fingerprint density at radius 3 is 2.62 bits per heavy atom. The minimum atomic E-state index is -0.802. The highest BCUT2D eigenvalue weighted by Crippen LogP contribution is 2.43. The number of nitrogens with one attached hydrogen (secondary N) is 1. The minimum Gasteiger partial charge on any atom is -0.388 e. The van der Waals surface area contributed by atoms with Crippen LogP contribution < -0.4 is 5.32 Å². The average molecular weight is 309 g/mol. The summed E-state index contributed by atoms with van der Waals surface area (Å²) in [5.74, 6) is 0.0855. The van der Waals surface area contributed by atoms with Gasteiger partial charge >= 0.3 is 0 Å². The van der Waals surface area contributed by atoms with E-state index in [1.807, 2.05) is 11.4 Å². The molecule has 4 nitrogen and oxygen atoms in total. The Hall–Kier alpha value is -0.910. The molecule has 2 fully saturated rings. The van der Waals surface area contributed by atoms with E-state index in [0.29, 0.717) is 32.6 Å². The smallest absolute Gasteiger partial charge is 0.231 e. The zero-order valence-corrected chi connectivity index (χ0v) is 13.1. The van der Waals surface area contributed by atoms with Crippen LogP contribution in [0.25, 0.3) is 0 Å². The second-order valence-electron chi connectivity index (χ2n) is 6.29. The molecule has 0 unspecified atom stereocenters. The first-order valence-electron chi connectivity index (χ1n) is 7.77. The van der Waals surface area contributed by atoms with Crippen LogP contribution in [-0.4, -0.2) is 36.4 Å². The van der Waals surface area contributed by atoms with Crippen molar-refractivity contribution in [2.45, 2.75) is 49.5 Å². The Balaban J connectivity index is 1.68. The number of rotatable bonds is 4. The quantitative estimate of drug-likeness (QED) is 0.896. The summed E-state index contributed by atoms with van der Waals surface area (Å²) in [6.45, 7) is 1.48. The van der Waals surface area contributed by atoms with E-state index in [2.05, 4.69) is 11.4 Å². The fourth-order valence-corrected chi connectivity index (χ4v) is 4.44. The van der Waals surface area contributed by atoms with E-state index in [9.17, 15) is 9.90 Å². The highest BCUT2D eigenvalue weighted by molar-refractivity contribution is 7.10. The fraction of sp³-hybridized carbons (Fsp3) is 0.688. The van der Waals surface area contributed by atoms with Gasteiger partial charge in [0, 0.05) is 37.5 Å². The van der Waals surface area contributed by atoms with E-state index in [1.165, 1.54) is 0 Å². The maximum Gasteiger partial charge on any atom is 0.231 e. The number of aliphatic hydroxyl groups is 1. The van der Waals surface area contributed by atoms with Crippen LogP contribution in [0.3, 0.4) is 0 Å². The molecule has 116 valence electrons. The Labute approximate surface area is 129 Å². The second kappa shape index (κ2) is 6.07. The van der Waals surface area contributed by atoms with E-state index in [-0.39, 0.29) is 11.3 Å². The molecule has 1 saturated carbocycles. The van der Waals surface area contributed by atoms with Crippen molar-refractivity contribution < 1.29 is 14.6 Å². The summed E-state index contributed by atoms with van der Waals surface area (Å²) in [4.78, 5) is 14.0. The van der Waals surface area contributed by atoms with Crippen molar-refractivity contribution in [2.24, 2.45) is 0 Å². The average Bonchev–Trinajstić information content (AvgIpc) is 3.17. The second-order valence-corrected chi connectivity index (χ2v) is 7.23. The van der Waals surface area contributed by atoms with Crippen LogP contribution in [0.5, 0.6) is 0 Å². The summed E-state index contributed by atoms with van der Waals surface area (Å²) >= 11 is 1.66. The Morgan fingerprint density at radius 2 is 2.00 bits per heavy atom. The molecule has 0 atom stereocenters. The number of carbonyl (C=O) groups excluding carboxylic acids is 1. The van der Waals surface area contributed by atoms with Gasteiger partial charge in [0.1, 0.15) is 0 Å². The molecule has 1 aliphatic carbocycles. The van der Waals surface area contributed by atoms with Crippen molar-refractivity contribution in [1.82, 2.24) is 5.32 Å². The van der Waals surface area contributed by atoms with Gasteiger partial charge in [-0.15, -0.1) is 11.3 Å². The first-order valence-corrected chi connectivity index (χ1v) is 8.65. The molecule has 1 saturated heterocycles. The summed E-state index contributed by atoms with van der Waals surface area (Å²) in [6, 6.07) is 4.08. The van der Waals surface area contributed by atoms with Crippen molar-refractivity contribution in [3.05, 3.63) is 22.4 Å². The molecule has 2 heterocycles. The van der Waals surface area contributed by atoms with Crippen molar-refractivity contribution in [3.63, 3.8) is 0 Å². The molecular formula is C16H23NO3S. The van der Waals surface area contributed by atoms with Gasteiger partial charge in [-0.2, -0.15) is 0 Å². The molecule has 1 amide bonds. The van der Waals surface area contributed by atoms with Crippen LogP contribution in [0.1, 0.15) is 43.4 Å². The van der Waals surface area contributed by atoms with Crippen molar-refractivity contribution in [1.29, 1.82) is 0 Å². The Morgan fingerprint density at radius 1 is 1.29 bits per heavy atom. The lowest BCUT2D eigenvalue weighted by Gasteiger charge is -2.34. The van der Waals surface area contributed by atoms with E-state index in [4.69, 9.17) is 4.74 Å². The molecule has 0 bridgehead atoms. The molecule has 1 aromatic heterocycles. The fourth-order valence-electron chi connectivity index (χ4n) is 3.46. The maximum absolute atomic E-state index is 12.8. The third kappa shape index (κ3) is 3.00. The van der Waals surface area contributed by atoms with Gasteiger partial charge in [-0.25, -0.2) is 0 Å². The maximum atomic E-state index is 12.8. The van der Waals surface area contributed by atoms with Gasteiger partial charge < -0.3 is 15.2 Å². The minimum absolute atomic E-state index is 0.0855.